The Hall–Kier alpha value is -7.46. The molecule has 1 amide bonds. The summed E-state index contributed by atoms with van der Waals surface area (Å²) in [6.07, 6.45) is -4.92. The van der Waals surface area contributed by atoms with Crippen molar-refractivity contribution in [2.45, 2.75) is 58.1 Å². The minimum Gasteiger partial charge on any atom is -0.497 e. The van der Waals surface area contributed by atoms with Gasteiger partial charge in [-0.25, -0.2) is 4.98 Å². The topological polar surface area (TPSA) is 102 Å². The maximum Gasteiger partial charge on any atom is 0.573 e. The predicted molar refractivity (Wildman–Crippen MR) is 259 cm³/mol. The second-order valence-electron chi connectivity index (χ2n) is 16.5. The molecule has 1 aliphatic heterocycles. The number of ether oxygens (including phenoxy) is 3. The van der Waals surface area contributed by atoms with Crippen LogP contribution >= 0.6 is 11.6 Å². The molecular formula is C53H47ClF6N6O4. The van der Waals surface area contributed by atoms with Gasteiger partial charge >= 0.3 is 12.5 Å². The van der Waals surface area contributed by atoms with Crippen LogP contribution in [0.25, 0.3) is 16.6 Å². The lowest BCUT2D eigenvalue weighted by molar-refractivity contribution is -0.274. The third-order valence-corrected chi connectivity index (χ3v) is 12.0. The lowest BCUT2D eigenvalue weighted by Crippen LogP contribution is -2.32. The molecule has 1 fully saturated rings. The number of nitrogens with one attached hydrogen (secondary N) is 2. The molecule has 0 bridgehead atoms. The van der Waals surface area contributed by atoms with Crippen molar-refractivity contribution in [3.05, 3.63) is 178 Å². The third-order valence-electron chi connectivity index (χ3n) is 11.7. The smallest absolute Gasteiger partial charge is 0.497 e. The van der Waals surface area contributed by atoms with Crippen molar-refractivity contribution in [2.75, 3.05) is 30.4 Å². The van der Waals surface area contributed by atoms with Crippen LogP contribution in [0.4, 0.5) is 43.4 Å². The summed E-state index contributed by atoms with van der Waals surface area (Å²) in [4.78, 5) is 24.4. The van der Waals surface area contributed by atoms with E-state index in [9.17, 15) is 31.1 Å². The van der Waals surface area contributed by atoms with Crippen LogP contribution in [0, 0.1) is 6.92 Å². The number of aryl methyl sites for hydroxylation is 2. The number of nitrogens with zero attached hydrogens (tertiary/aromatic N) is 4. The Balaban J connectivity index is 0.000000193. The van der Waals surface area contributed by atoms with Gasteiger partial charge in [-0.05, 0) is 152 Å². The van der Waals surface area contributed by atoms with E-state index in [1.165, 1.54) is 24.3 Å². The van der Waals surface area contributed by atoms with Gasteiger partial charge in [0.05, 0.1) is 28.9 Å². The molecule has 0 unspecified atom stereocenters. The number of hydrogen-bond donors (Lipinski definition) is 2. The van der Waals surface area contributed by atoms with Gasteiger partial charge in [-0.2, -0.15) is 13.2 Å². The number of piperidine rings is 1. The highest BCUT2D eigenvalue weighted by atomic mass is 35.5. The number of rotatable bonds is 12. The summed E-state index contributed by atoms with van der Waals surface area (Å²) in [5.41, 5.74) is 7.74. The molecule has 4 heterocycles. The summed E-state index contributed by atoms with van der Waals surface area (Å²) in [5.74, 6) is 1.47. The molecule has 0 saturated carbocycles. The average molecular weight is 981 g/mol. The highest BCUT2D eigenvalue weighted by Crippen LogP contribution is 2.35. The van der Waals surface area contributed by atoms with Gasteiger partial charge in [-0.15, -0.1) is 13.2 Å². The van der Waals surface area contributed by atoms with Crippen LogP contribution in [0.3, 0.4) is 0 Å². The first-order valence-electron chi connectivity index (χ1n) is 22.3. The number of aromatic nitrogens is 3. The van der Waals surface area contributed by atoms with Crippen LogP contribution in [0.5, 0.6) is 23.0 Å². The van der Waals surface area contributed by atoms with Crippen molar-refractivity contribution in [3.8, 4) is 23.0 Å². The number of hydrogen-bond acceptors (Lipinski definition) is 8. The molecule has 70 heavy (non-hydrogen) atoms. The molecule has 8 aromatic rings. The Morgan fingerprint density at radius 2 is 1.41 bits per heavy atom. The van der Waals surface area contributed by atoms with Crippen molar-refractivity contribution in [2.24, 2.45) is 0 Å². The summed E-state index contributed by atoms with van der Waals surface area (Å²) in [6, 6.07) is 37.3. The molecule has 2 N–H and O–H groups in total. The Morgan fingerprint density at radius 1 is 0.771 bits per heavy atom. The van der Waals surface area contributed by atoms with Crippen molar-refractivity contribution < 1.29 is 45.3 Å². The monoisotopic (exact) mass is 980 g/mol. The zero-order chi connectivity index (χ0) is 49.6. The molecule has 0 aliphatic carbocycles. The Labute approximate surface area is 404 Å². The fourth-order valence-corrected chi connectivity index (χ4v) is 8.40. The van der Waals surface area contributed by atoms with Gasteiger partial charge in [0, 0.05) is 54.0 Å². The SMILES string of the molecule is CCc1nc2ccc(Cl)cn2c1C(=O)NCc1ccc(N2CCC(c3ccc(OC(F)(F)F)cc3)CC2)cc1.COc1ccc2nc(C)cc(Nc3ccc(Oc4ccc(C(F)(F)F)cc4)cc3)c2c1. The minimum atomic E-state index is -4.68. The molecule has 3 aromatic heterocycles. The number of fused-ring (bicyclic) bond motifs is 2. The van der Waals surface area contributed by atoms with Crippen LogP contribution in [0.1, 0.15) is 64.2 Å². The van der Waals surface area contributed by atoms with Crippen LogP contribution in [0.15, 0.2) is 140 Å². The van der Waals surface area contributed by atoms with E-state index < -0.39 is 18.1 Å². The molecule has 0 radical (unpaired) electrons. The van der Waals surface area contributed by atoms with E-state index in [4.69, 9.17) is 21.1 Å². The summed E-state index contributed by atoms with van der Waals surface area (Å²) >= 11 is 6.14. The van der Waals surface area contributed by atoms with E-state index in [1.807, 2.05) is 62.4 Å². The number of methoxy groups -OCH3 is 1. The molecule has 1 aliphatic rings. The average Bonchev–Trinajstić information content (AvgIpc) is 3.72. The van der Waals surface area contributed by atoms with Crippen molar-refractivity contribution in [1.82, 2.24) is 19.7 Å². The molecule has 1 saturated heterocycles. The number of benzene rings is 5. The van der Waals surface area contributed by atoms with Crippen molar-refractivity contribution >= 4 is 51.1 Å². The Bertz CT molecular complexity index is 3070. The summed E-state index contributed by atoms with van der Waals surface area (Å²) in [7, 11) is 1.62. The molecule has 0 spiro atoms. The highest BCUT2D eigenvalue weighted by molar-refractivity contribution is 6.30. The van der Waals surface area contributed by atoms with Gasteiger partial charge in [-0.1, -0.05) is 42.8 Å². The fourth-order valence-electron chi connectivity index (χ4n) is 8.24. The van der Waals surface area contributed by atoms with Gasteiger partial charge in [0.2, 0.25) is 0 Å². The number of amides is 1. The lowest BCUT2D eigenvalue weighted by Gasteiger charge is -2.34. The van der Waals surface area contributed by atoms with E-state index in [0.717, 1.165) is 94.3 Å². The number of alkyl halides is 6. The molecule has 9 rings (SSSR count). The zero-order valence-corrected chi connectivity index (χ0v) is 38.9. The number of anilines is 3. The molecule has 10 nitrogen and oxygen atoms in total. The van der Waals surface area contributed by atoms with Gasteiger partial charge in [-0.3, -0.25) is 14.2 Å². The number of carbonyl (C=O) groups excluding carboxylic acids is 1. The van der Waals surface area contributed by atoms with Gasteiger partial charge in [0.1, 0.15) is 34.3 Å². The van der Waals surface area contributed by atoms with E-state index in [2.05, 4.69) is 42.4 Å². The standard InChI is InChI=1S/C29H28ClF3N4O2.C24H19F3N2O2/c1-2-25-27(37-18-22(30)7-12-26(37)35-25)28(38)34-17-19-3-8-23(9-4-19)36-15-13-21(14-16-36)20-5-10-24(11-6-20)39-29(31,32)33;1-15-13-23(21-14-20(30-2)11-12-22(21)28-15)29-17-5-9-19(10-6-17)31-18-7-3-16(4-8-18)24(25,26)27/h3-12,18,21H,2,13-17H2,1H3,(H,34,38);3-14H,1-2H3,(H,28,29). The maximum absolute atomic E-state index is 13.0. The molecular weight excluding hydrogens is 934 g/mol. The molecule has 5 aromatic carbocycles. The summed E-state index contributed by atoms with van der Waals surface area (Å²) in [5, 5.41) is 7.84. The lowest BCUT2D eigenvalue weighted by atomic mass is 9.89. The van der Waals surface area contributed by atoms with Gasteiger partial charge in [0.15, 0.2) is 0 Å². The van der Waals surface area contributed by atoms with E-state index in [-0.39, 0.29) is 17.6 Å². The first-order valence-corrected chi connectivity index (χ1v) is 22.7. The highest BCUT2D eigenvalue weighted by Gasteiger charge is 2.32. The first kappa shape index (κ1) is 49.0. The number of halogens is 7. The number of pyridine rings is 2. The van der Waals surface area contributed by atoms with Crippen molar-refractivity contribution in [1.29, 1.82) is 0 Å². The molecule has 0 atom stereocenters. The normalized spacial score (nSPS) is 13.1. The van der Waals surface area contributed by atoms with E-state index in [0.29, 0.717) is 40.8 Å². The van der Waals surface area contributed by atoms with Crippen LogP contribution in [0.2, 0.25) is 5.02 Å². The third kappa shape index (κ3) is 12.2. The van der Waals surface area contributed by atoms with Gasteiger partial charge < -0.3 is 29.7 Å². The molecule has 17 heteroatoms. The Morgan fingerprint density at radius 3 is 2.04 bits per heavy atom. The number of carbonyl (C=O) groups is 1. The minimum absolute atomic E-state index is 0.200. The zero-order valence-electron chi connectivity index (χ0n) is 38.2. The van der Waals surface area contributed by atoms with E-state index in [1.54, 1.807) is 54.1 Å². The van der Waals surface area contributed by atoms with Crippen LogP contribution in [-0.2, 0) is 19.1 Å². The maximum atomic E-state index is 13.0. The quantitative estimate of drug-likeness (QED) is 0.117. The van der Waals surface area contributed by atoms with Crippen LogP contribution < -0.4 is 29.7 Å². The summed E-state index contributed by atoms with van der Waals surface area (Å²) in [6.45, 7) is 5.96. The molecule has 362 valence electrons. The predicted octanol–water partition coefficient (Wildman–Crippen LogP) is 13.9. The fraction of sp³-hybridized carbons (Fsp3) is 0.226. The second kappa shape index (κ2) is 21.0. The largest absolute Gasteiger partial charge is 0.573 e. The summed E-state index contributed by atoms with van der Waals surface area (Å²) < 4.78 is 91.9. The first-order chi connectivity index (χ1) is 33.5. The van der Waals surface area contributed by atoms with Crippen molar-refractivity contribution in [3.63, 3.8) is 0 Å². The number of imidazole rings is 1. The Kier molecular flexibility index (Phi) is 14.7. The van der Waals surface area contributed by atoms with Crippen LogP contribution in [-0.4, -0.2) is 46.8 Å². The van der Waals surface area contributed by atoms with Gasteiger partial charge in [0.25, 0.3) is 5.91 Å². The second-order valence-corrected chi connectivity index (χ2v) is 17.0. The van der Waals surface area contributed by atoms with E-state index >= 15 is 0 Å².